The van der Waals surface area contributed by atoms with Crippen LogP contribution in [-0.2, 0) is 18.9 Å². The van der Waals surface area contributed by atoms with Gasteiger partial charge in [0.25, 0.3) is 0 Å². The van der Waals surface area contributed by atoms with E-state index < -0.39 is 70.2 Å². The molecule has 0 aliphatic rings. The normalized spacial score (nSPS) is 14.9. The smallest absolute Gasteiger partial charge is 0.320 e. The van der Waals surface area contributed by atoms with E-state index in [1.807, 2.05) is 0 Å². The maximum absolute atomic E-state index is 13.0. The van der Waals surface area contributed by atoms with Crippen LogP contribution in [0.15, 0.2) is 18.2 Å². The first-order chi connectivity index (χ1) is 13.0. The number of benzene rings is 1. The third-order valence-corrected chi connectivity index (χ3v) is 4.53. The van der Waals surface area contributed by atoms with E-state index in [9.17, 15) is 52.7 Å². The predicted octanol–water partition coefficient (Wildman–Crippen LogP) is 5.79. The molecule has 30 heavy (non-hydrogen) atoms. The van der Waals surface area contributed by atoms with Crippen LogP contribution in [0.25, 0.3) is 0 Å². The average molecular weight is 466 g/mol. The summed E-state index contributed by atoms with van der Waals surface area (Å²) in [4.78, 5) is 0. The van der Waals surface area contributed by atoms with Crippen LogP contribution in [0, 0.1) is 0 Å². The first-order valence-corrected chi connectivity index (χ1v) is 8.09. The summed E-state index contributed by atoms with van der Waals surface area (Å²) < 4.78 is 151. The molecule has 1 aromatic carbocycles. The van der Waals surface area contributed by atoms with Gasteiger partial charge >= 0.3 is 25.0 Å². The minimum Gasteiger partial charge on any atom is -0.320 e. The highest BCUT2D eigenvalue weighted by atomic mass is 19.4. The molecule has 0 fully saturated rings. The standard InChI is InChI=1S/C16H18F12N2/c1-29(2,4-5-30(3,15(23,24)25)16(26,27)28)9-10-6-11(13(17,18)19)8-12(7-10)14(20,21)22/h6-8H,4-5,9H2,1-3H3/q+2. The van der Waals surface area contributed by atoms with Crippen molar-refractivity contribution in [2.45, 2.75) is 31.5 Å². The lowest BCUT2D eigenvalue weighted by Crippen LogP contribution is -2.66. The van der Waals surface area contributed by atoms with E-state index in [0.29, 0.717) is 12.1 Å². The molecule has 0 spiro atoms. The van der Waals surface area contributed by atoms with Crippen LogP contribution in [0.2, 0.25) is 0 Å². The molecule has 0 bridgehead atoms. The lowest BCUT2D eigenvalue weighted by atomic mass is 10.0. The van der Waals surface area contributed by atoms with Crippen molar-refractivity contribution in [3.8, 4) is 0 Å². The molecular formula is C16H18F12N2+2. The number of nitrogens with zero attached hydrogens (tertiary/aromatic N) is 2. The number of hydrogen-bond acceptors (Lipinski definition) is 0. The molecule has 0 saturated carbocycles. The maximum Gasteiger partial charge on any atom is 0.568 e. The second-order valence-electron chi connectivity index (χ2n) is 7.58. The number of alkyl halides is 12. The average Bonchev–Trinajstić information content (AvgIpc) is 2.48. The largest absolute Gasteiger partial charge is 0.568 e. The Morgan fingerprint density at radius 2 is 0.967 bits per heavy atom. The summed E-state index contributed by atoms with van der Waals surface area (Å²) in [5, 5.41) is 0. The summed E-state index contributed by atoms with van der Waals surface area (Å²) in [6.07, 6.45) is -21.7. The Hall–Kier alpha value is -1.70. The fraction of sp³-hybridized carbons (Fsp3) is 0.625. The van der Waals surface area contributed by atoms with E-state index in [0.717, 1.165) is 14.1 Å². The van der Waals surface area contributed by atoms with Gasteiger partial charge in [0.15, 0.2) is 0 Å². The molecule has 1 aromatic rings. The topological polar surface area (TPSA) is 0 Å². The third-order valence-electron chi connectivity index (χ3n) is 4.53. The molecular weight excluding hydrogens is 448 g/mol. The number of quaternary nitrogens is 2. The van der Waals surface area contributed by atoms with Crippen LogP contribution < -0.4 is 0 Å². The quantitative estimate of drug-likeness (QED) is 0.293. The molecule has 0 amide bonds. The van der Waals surface area contributed by atoms with E-state index in [2.05, 4.69) is 0 Å². The molecule has 0 heterocycles. The van der Waals surface area contributed by atoms with E-state index in [1.54, 1.807) is 0 Å². The van der Waals surface area contributed by atoms with Gasteiger partial charge in [-0.2, -0.15) is 26.3 Å². The summed E-state index contributed by atoms with van der Waals surface area (Å²) >= 11 is 0. The van der Waals surface area contributed by atoms with Crippen LogP contribution in [0.1, 0.15) is 16.7 Å². The summed E-state index contributed by atoms with van der Waals surface area (Å²) in [6, 6.07) is 0.651. The second-order valence-corrected chi connectivity index (χ2v) is 7.58. The molecule has 0 aromatic heterocycles. The van der Waals surface area contributed by atoms with E-state index in [1.165, 1.54) is 0 Å². The highest BCUT2D eigenvalue weighted by molar-refractivity contribution is 5.33. The van der Waals surface area contributed by atoms with Gasteiger partial charge in [0.2, 0.25) is 0 Å². The molecule has 0 N–H and O–H groups in total. The van der Waals surface area contributed by atoms with Crippen LogP contribution >= 0.6 is 0 Å². The summed E-state index contributed by atoms with van der Waals surface area (Å²) in [5.41, 5.74) is -3.78. The summed E-state index contributed by atoms with van der Waals surface area (Å²) in [7, 11) is 2.10. The molecule has 0 atom stereocenters. The molecule has 0 radical (unpaired) electrons. The van der Waals surface area contributed by atoms with E-state index in [-0.39, 0.29) is 13.1 Å². The minimum atomic E-state index is -5.71. The third kappa shape index (κ3) is 6.15. The Kier molecular flexibility index (Phi) is 6.82. The fourth-order valence-electron chi connectivity index (χ4n) is 2.55. The Balaban J connectivity index is 3.23. The molecule has 14 heteroatoms. The predicted molar refractivity (Wildman–Crippen MR) is 80.3 cm³/mol. The van der Waals surface area contributed by atoms with Crippen LogP contribution in [0.5, 0.6) is 0 Å². The van der Waals surface area contributed by atoms with Crippen molar-refractivity contribution in [1.82, 2.24) is 0 Å². The highest BCUT2D eigenvalue weighted by Crippen LogP contribution is 2.41. The molecule has 174 valence electrons. The molecule has 0 aliphatic heterocycles. The van der Waals surface area contributed by atoms with Gasteiger partial charge in [-0.25, -0.2) is 0 Å². The molecule has 0 saturated heterocycles. The SMILES string of the molecule is C[N+](C)(CC[N+](C)(C(F)(F)F)C(F)(F)F)Cc1cc(C(F)(F)F)cc(C(F)(F)F)c1. The Bertz CT molecular complexity index is 694. The summed E-state index contributed by atoms with van der Waals surface area (Å²) in [5.74, 6) is 0. The first-order valence-electron chi connectivity index (χ1n) is 8.09. The number of rotatable bonds is 5. The zero-order valence-electron chi connectivity index (χ0n) is 15.8. The number of hydrogen-bond donors (Lipinski definition) is 0. The van der Waals surface area contributed by atoms with Crippen molar-refractivity contribution in [2.24, 2.45) is 0 Å². The van der Waals surface area contributed by atoms with Gasteiger partial charge in [-0.05, 0) is 18.2 Å². The van der Waals surface area contributed by atoms with Crippen molar-refractivity contribution in [3.63, 3.8) is 0 Å². The highest BCUT2D eigenvalue weighted by Gasteiger charge is 2.68. The van der Waals surface area contributed by atoms with Gasteiger partial charge in [-0.3, -0.25) is 0 Å². The second kappa shape index (κ2) is 7.77. The Morgan fingerprint density at radius 3 is 1.27 bits per heavy atom. The van der Waals surface area contributed by atoms with Gasteiger partial charge in [-0.15, -0.1) is 30.8 Å². The lowest BCUT2D eigenvalue weighted by Gasteiger charge is -2.38. The van der Waals surface area contributed by atoms with Crippen LogP contribution in [0.4, 0.5) is 52.7 Å². The van der Waals surface area contributed by atoms with Gasteiger partial charge in [0, 0.05) is 5.56 Å². The monoisotopic (exact) mass is 466 g/mol. The molecule has 0 unspecified atom stereocenters. The van der Waals surface area contributed by atoms with E-state index >= 15 is 0 Å². The molecule has 1 rings (SSSR count). The van der Waals surface area contributed by atoms with E-state index in [4.69, 9.17) is 0 Å². The zero-order valence-corrected chi connectivity index (χ0v) is 15.8. The summed E-state index contributed by atoms with van der Waals surface area (Å²) in [6.45, 7) is -3.03. The van der Waals surface area contributed by atoms with Gasteiger partial charge in [0.1, 0.15) is 19.6 Å². The van der Waals surface area contributed by atoms with Crippen molar-refractivity contribution in [1.29, 1.82) is 0 Å². The lowest BCUT2D eigenvalue weighted by molar-refractivity contribution is -1.10. The number of halogens is 12. The zero-order chi connectivity index (χ0) is 24.0. The van der Waals surface area contributed by atoms with Gasteiger partial charge in [0.05, 0.1) is 32.3 Å². The molecule has 0 aliphatic carbocycles. The van der Waals surface area contributed by atoms with Crippen molar-refractivity contribution >= 4 is 0 Å². The minimum absolute atomic E-state index is 0.105. The van der Waals surface area contributed by atoms with Crippen LogP contribution in [0.3, 0.4) is 0 Å². The first kappa shape index (κ1) is 26.3. The van der Waals surface area contributed by atoms with Crippen LogP contribution in [-0.4, -0.2) is 55.8 Å². The van der Waals surface area contributed by atoms with Crippen molar-refractivity contribution < 1.29 is 61.7 Å². The van der Waals surface area contributed by atoms with Crippen molar-refractivity contribution in [3.05, 3.63) is 34.9 Å². The fourth-order valence-corrected chi connectivity index (χ4v) is 2.55. The number of likely N-dealkylation sites (N-methyl/N-ethyl adjacent to an activating group) is 2. The van der Waals surface area contributed by atoms with Gasteiger partial charge in [-0.1, -0.05) is 0 Å². The van der Waals surface area contributed by atoms with Gasteiger partial charge < -0.3 is 4.48 Å². The Morgan fingerprint density at radius 1 is 0.600 bits per heavy atom. The van der Waals surface area contributed by atoms with Crippen molar-refractivity contribution in [2.75, 3.05) is 34.2 Å². The molecule has 2 nitrogen and oxygen atoms in total. The maximum atomic E-state index is 13.0. The Labute approximate surface area is 163 Å².